The fourth-order valence-electron chi connectivity index (χ4n) is 1.87. The van der Waals surface area contributed by atoms with Gasteiger partial charge in [-0.1, -0.05) is 18.2 Å². The predicted molar refractivity (Wildman–Crippen MR) is 67.1 cm³/mol. The van der Waals surface area contributed by atoms with Gasteiger partial charge in [-0.3, -0.25) is 4.90 Å². The molecule has 0 spiro atoms. The van der Waals surface area contributed by atoms with Crippen molar-refractivity contribution in [3.05, 3.63) is 34.9 Å². The molecule has 0 saturated carbocycles. The average molecular weight is 222 g/mol. The van der Waals surface area contributed by atoms with Crippen molar-refractivity contribution in [3.63, 3.8) is 0 Å². The van der Waals surface area contributed by atoms with Crippen LogP contribution in [0.2, 0.25) is 0 Å². The van der Waals surface area contributed by atoms with Crippen LogP contribution in [0.15, 0.2) is 18.2 Å². The first kappa shape index (κ1) is 13.2. The van der Waals surface area contributed by atoms with Gasteiger partial charge >= 0.3 is 0 Å². The van der Waals surface area contributed by atoms with Crippen molar-refractivity contribution in [1.82, 2.24) is 4.90 Å². The Bertz CT molecular complexity index is 337. The van der Waals surface area contributed by atoms with Crippen LogP contribution in [0.25, 0.3) is 0 Å². The Hall–Kier alpha value is -0.900. The minimum atomic E-state index is -0.284. The molecule has 0 radical (unpaired) electrons. The Labute approximate surface area is 97.9 Å². The zero-order valence-corrected chi connectivity index (χ0v) is 10.4. The number of nitrogens with two attached hydrogens (primary N) is 1. The van der Waals surface area contributed by atoms with Crippen LogP contribution < -0.4 is 5.73 Å². The number of aryl methyl sites for hydroxylation is 1. The summed E-state index contributed by atoms with van der Waals surface area (Å²) in [7, 11) is 2.02. The molecule has 0 fully saturated rings. The molecule has 3 heteroatoms. The van der Waals surface area contributed by atoms with E-state index < -0.39 is 0 Å². The van der Waals surface area contributed by atoms with Gasteiger partial charge < -0.3 is 10.8 Å². The van der Waals surface area contributed by atoms with Crippen molar-refractivity contribution in [2.75, 3.05) is 13.6 Å². The highest BCUT2D eigenvalue weighted by Crippen LogP contribution is 2.12. The predicted octanol–water partition coefficient (Wildman–Crippen LogP) is 1.27. The first-order valence-electron chi connectivity index (χ1n) is 5.68. The molecule has 0 aliphatic rings. The second-order valence-corrected chi connectivity index (χ2v) is 4.51. The van der Waals surface area contributed by atoms with Crippen LogP contribution in [0.3, 0.4) is 0 Å². The van der Waals surface area contributed by atoms with Crippen LogP contribution in [0, 0.1) is 6.92 Å². The van der Waals surface area contributed by atoms with Crippen molar-refractivity contribution in [3.8, 4) is 0 Å². The summed E-state index contributed by atoms with van der Waals surface area (Å²) >= 11 is 0. The first-order chi connectivity index (χ1) is 7.52. The number of hydrogen-bond donors (Lipinski definition) is 2. The Morgan fingerprint density at radius 1 is 1.44 bits per heavy atom. The van der Waals surface area contributed by atoms with Crippen LogP contribution >= 0.6 is 0 Å². The summed E-state index contributed by atoms with van der Waals surface area (Å²) in [6.07, 6.45) is -0.284. The van der Waals surface area contributed by atoms with Gasteiger partial charge in [-0.15, -0.1) is 0 Å². The smallest absolute Gasteiger partial charge is 0.0639 e. The van der Waals surface area contributed by atoms with Gasteiger partial charge in [0.15, 0.2) is 0 Å². The van der Waals surface area contributed by atoms with Crippen LogP contribution in [-0.4, -0.2) is 29.7 Å². The molecule has 1 aromatic rings. The summed E-state index contributed by atoms with van der Waals surface area (Å²) in [6, 6.07) is 6.32. The number of aliphatic hydroxyl groups is 1. The van der Waals surface area contributed by atoms with E-state index in [1.165, 1.54) is 16.7 Å². The summed E-state index contributed by atoms with van der Waals surface area (Å²) in [6.45, 7) is 6.05. The third-order valence-corrected chi connectivity index (χ3v) is 2.66. The Kier molecular flexibility index (Phi) is 4.93. The second kappa shape index (κ2) is 5.99. The SMILES string of the molecule is Cc1cc(CN)ccc1CN(C)CC(C)O. The highest BCUT2D eigenvalue weighted by Gasteiger charge is 2.06. The molecule has 3 nitrogen and oxygen atoms in total. The Morgan fingerprint density at radius 3 is 2.62 bits per heavy atom. The van der Waals surface area contributed by atoms with Gasteiger partial charge in [-0.25, -0.2) is 0 Å². The zero-order valence-electron chi connectivity index (χ0n) is 10.4. The molecular weight excluding hydrogens is 200 g/mol. The maximum atomic E-state index is 9.29. The molecule has 3 N–H and O–H groups in total. The van der Waals surface area contributed by atoms with Crippen molar-refractivity contribution >= 4 is 0 Å². The van der Waals surface area contributed by atoms with E-state index in [1.807, 2.05) is 7.05 Å². The monoisotopic (exact) mass is 222 g/mol. The van der Waals surface area contributed by atoms with Gasteiger partial charge in [-0.2, -0.15) is 0 Å². The largest absolute Gasteiger partial charge is 0.392 e. The molecule has 0 amide bonds. The number of aliphatic hydroxyl groups excluding tert-OH is 1. The number of rotatable bonds is 5. The van der Waals surface area contributed by atoms with Crippen molar-refractivity contribution in [1.29, 1.82) is 0 Å². The van der Waals surface area contributed by atoms with Crippen molar-refractivity contribution in [2.24, 2.45) is 5.73 Å². The van der Waals surface area contributed by atoms with E-state index in [0.29, 0.717) is 13.1 Å². The van der Waals surface area contributed by atoms with E-state index in [4.69, 9.17) is 5.73 Å². The summed E-state index contributed by atoms with van der Waals surface area (Å²) in [5.74, 6) is 0. The van der Waals surface area contributed by atoms with Crippen molar-refractivity contribution < 1.29 is 5.11 Å². The van der Waals surface area contributed by atoms with Gasteiger partial charge in [0.2, 0.25) is 0 Å². The van der Waals surface area contributed by atoms with E-state index in [-0.39, 0.29) is 6.10 Å². The van der Waals surface area contributed by atoms with E-state index in [0.717, 1.165) is 6.54 Å². The van der Waals surface area contributed by atoms with Gasteiger partial charge in [0.05, 0.1) is 6.10 Å². The van der Waals surface area contributed by atoms with Crippen LogP contribution in [0.4, 0.5) is 0 Å². The minimum Gasteiger partial charge on any atom is -0.392 e. The molecule has 1 atom stereocenters. The molecule has 90 valence electrons. The Morgan fingerprint density at radius 2 is 2.12 bits per heavy atom. The molecule has 0 aliphatic carbocycles. The van der Waals surface area contributed by atoms with E-state index in [9.17, 15) is 5.11 Å². The normalized spacial score (nSPS) is 13.1. The van der Waals surface area contributed by atoms with Crippen LogP contribution in [-0.2, 0) is 13.1 Å². The first-order valence-corrected chi connectivity index (χ1v) is 5.68. The molecule has 0 heterocycles. The number of nitrogens with zero attached hydrogens (tertiary/aromatic N) is 1. The molecule has 0 saturated heterocycles. The third-order valence-electron chi connectivity index (χ3n) is 2.66. The summed E-state index contributed by atoms with van der Waals surface area (Å²) < 4.78 is 0. The molecule has 0 aromatic heterocycles. The number of likely N-dealkylation sites (N-methyl/N-ethyl adjacent to an activating group) is 1. The lowest BCUT2D eigenvalue weighted by molar-refractivity contribution is 0.138. The van der Waals surface area contributed by atoms with Crippen LogP contribution in [0.1, 0.15) is 23.6 Å². The third kappa shape index (κ3) is 3.93. The second-order valence-electron chi connectivity index (χ2n) is 4.51. The van der Waals surface area contributed by atoms with Gasteiger partial charge in [0.1, 0.15) is 0 Å². The average Bonchev–Trinajstić information content (AvgIpc) is 2.19. The fourth-order valence-corrected chi connectivity index (χ4v) is 1.87. The quantitative estimate of drug-likeness (QED) is 0.788. The highest BCUT2D eigenvalue weighted by atomic mass is 16.3. The van der Waals surface area contributed by atoms with Gasteiger partial charge in [0.25, 0.3) is 0 Å². The lowest BCUT2D eigenvalue weighted by atomic mass is 10.0. The summed E-state index contributed by atoms with van der Waals surface area (Å²) in [4.78, 5) is 2.12. The maximum absolute atomic E-state index is 9.29. The zero-order chi connectivity index (χ0) is 12.1. The molecule has 16 heavy (non-hydrogen) atoms. The van der Waals surface area contributed by atoms with E-state index in [1.54, 1.807) is 6.92 Å². The van der Waals surface area contributed by atoms with Crippen LogP contribution in [0.5, 0.6) is 0 Å². The molecule has 1 rings (SSSR count). The summed E-state index contributed by atoms with van der Waals surface area (Å²) in [5.41, 5.74) is 9.31. The summed E-state index contributed by atoms with van der Waals surface area (Å²) in [5, 5.41) is 9.29. The number of benzene rings is 1. The Balaban J connectivity index is 2.66. The topological polar surface area (TPSA) is 49.5 Å². The maximum Gasteiger partial charge on any atom is 0.0639 e. The molecule has 0 aliphatic heterocycles. The van der Waals surface area contributed by atoms with E-state index in [2.05, 4.69) is 30.0 Å². The molecule has 0 bridgehead atoms. The number of hydrogen-bond acceptors (Lipinski definition) is 3. The lowest BCUT2D eigenvalue weighted by Crippen LogP contribution is -2.27. The van der Waals surface area contributed by atoms with E-state index >= 15 is 0 Å². The van der Waals surface area contributed by atoms with Gasteiger partial charge in [0, 0.05) is 19.6 Å². The van der Waals surface area contributed by atoms with Gasteiger partial charge in [-0.05, 0) is 37.6 Å². The highest BCUT2D eigenvalue weighted by molar-refractivity contribution is 5.30. The molecule has 1 aromatic carbocycles. The minimum absolute atomic E-state index is 0.284. The fraction of sp³-hybridized carbons (Fsp3) is 0.538. The molecular formula is C13H22N2O. The molecule has 1 unspecified atom stereocenters. The van der Waals surface area contributed by atoms with Crippen molar-refractivity contribution in [2.45, 2.75) is 33.0 Å². The lowest BCUT2D eigenvalue weighted by Gasteiger charge is -2.19. The standard InChI is InChI=1S/C13H22N2O/c1-10-6-12(7-14)4-5-13(10)9-15(3)8-11(2)16/h4-6,11,16H,7-9,14H2,1-3H3.